The van der Waals surface area contributed by atoms with Crippen LogP contribution in [0.4, 0.5) is 0 Å². The fraction of sp³-hybridized carbons (Fsp3) is 0.167. The normalized spacial score (nSPS) is 10.9. The van der Waals surface area contributed by atoms with Gasteiger partial charge < -0.3 is 14.8 Å². The second-order valence-electron chi connectivity index (χ2n) is 5.20. The summed E-state index contributed by atoms with van der Waals surface area (Å²) in [5.41, 5.74) is 3.33. The number of carbonyl (C=O) groups is 1. The van der Waals surface area contributed by atoms with Crippen LogP contribution in [0.5, 0.6) is 5.75 Å². The van der Waals surface area contributed by atoms with Gasteiger partial charge in [-0.15, -0.1) is 0 Å². The Kier molecular flexibility index (Phi) is 4.26. The molecule has 0 unspecified atom stereocenters. The van der Waals surface area contributed by atoms with Crippen molar-refractivity contribution in [3.63, 3.8) is 0 Å². The molecule has 0 aliphatic heterocycles. The lowest BCUT2D eigenvalue weighted by atomic mass is 10.0. The zero-order valence-corrected chi connectivity index (χ0v) is 13.4. The molecule has 0 aliphatic rings. The van der Waals surface area contributed by atoms with Crippen LogP contribution in [-0.4, -0.2) is 22.7 Å². The van der Waals surface area contributed by atoms with E-state index >= 15 is 0 Å². The first-order chi connectivity index (χ1) is 11.1. The molecule has 0 radical (unpaired) electrons. The Bertz CT molecular complexity index is 853. The van der Waals surface area contributed by atoms with Crippen molar-refractivity contribution >= 4 is 28.5 Å². The molecule has 5 heteroatoms. The van der Waals surface area contributed by atoms with Crippen LogP contribution < -0.4 is 4.74 Å². The Morgan fingerprint density at radius 3 is 2.61 bits per heavy atom. The van der Waals surface area contributed by atoms with E-state index in [4.69, 9.17) is 16.3 Å². The summed E-state index contributed by atoms with van der Waals surface area (Å²) in [5.74, 6) is -0.142. The molecule has 2 aromatic carbocycles. The molecule has 1 heterocycles. The van der Waals surface area contributed by atoms with Crippen molar-refractivity contribution in [2.75, 3.05) is 6.61 Å². The maximum absolute atomic E-state index is 11.3. The first-order valence-electron chi connectivity index (χ1n) is 7.33. The Hall–Kier alpha value is -2.46. The molecule has 1 aromatic heterocycles. The molecule has 0 amide bonds. The van der Waals surface area contributed by atoms with Crippen molar-refractivity contribution < 1.29 is 14.6 Å². The number of aromatic amines is 1. The molecule has 0 fully saturated rings. The first-order valence-corrected chi connectivity index (χ1v) is 7.71. The van der Waals surface area contributed by atoms with Crippen LogP contribution in [0.2, 0.25) is 5.02 Å². The molecule has 2 N–H and O–H groups in total. The van der Waals surface area contributed by atoms with Crippen LogP contribution in [0.1, 0.15) is 12.5 Å². The minimum atomic E-state index is -0.872. The number of aromatic nitrogens is 1. The lowest BCUT2D eigenvalue weighted by Crippen LogP contribution is -2.01. The van der Waals surface area contributed by atoms with Crippen LogP contribution >= 0.6 is 11.6 Å². The number of carboxylic acids is 1. The van der Waals surface area contributed by atoms with Crippen molar-refractivity contribution in [2.45, 2.75) is 13.3 Å². The van der Waals surface area contributed by atoms with E-state index in [0.29, 0.717) is 11.6 Å². The first kappa shape index (κ1) is 15.4. The second kappa shape index (κ2) is 6.34. The summed E-state index contributed by atoms with van der Waals surface area (Å²) in [4.78, 5) is 14.6. The zero-order valence-electron chi connectivity index (χ0n) is 12.6. The lowest BCUT2D eigenvalue weighted by Gasteiger charge is -2.05. The van der Waals surface area contributed by atoms with E-state index in [9.17, 15) is 9.90 Å². The monoisotopic (exact) mass is 329 g/mol. The number of nitrogens with one attached hydrogen (secondary N) is 1. The Morgan fingerprint density at radius 2 is 1.96 bits per heavy atom. The minimum Gasteiger partial charge on any atom is -0.494 e. The van der Waals surface area contributed by atoms with E-state index in [1.165, 1.54) is 0 Å². The standard InChI is InChI=1S/C18H16ClNO3/c1-2-23-13-7-8-16-14(9-13)15(10-17(21)22)18(20-16)11-3-5-12(19)6-4-11/h3-9,20H,2,10H2,1H3,(H,21,22). The minimum absolute atomic E-state index is 0.0620. The topological polar surface area (TPSA) is 62.3 Å². The van der Waals surface area contributed by atoms with Gasteiger partial charge >= 0.3 is 5.97 Å². The number of hydrogen-bond donors (Lipinski definition) is 2. The van der Waals surface area contributed by atoms with Gasteiger partial charge in [0.05, 0.1) is 18.7 Å². The van der Waals surface area contributed by atoms with E-state index in [1.54, 1.807) is 12.1 Å². The van der Waals surface area contributed by atoms with E-state index < -0.39 is 5.97 Å². The van der Waals surface area contributed by atoms with Crippen molar-refractivity contribution in [1.82, 2.24) is 4.98 Å². The third-order valence-corrected chi connectivity index (χ3v) is 3.90. The van der Waals surface area contributed by atoms with Crippen molar-refractivity contribution in [1.29, 1.82) is 0 Å². The second-order valence-corrected chi connectivity index (χ2v) is 5.63. The summed E-state index contributed by atoms with van der Waals surface area (Å²) in [7, 11) is 0. The van der Waals surface area contributed by atoms with Gasteiger partial charge in [-0.2, -0.15) is 0 Å². The molecule has 0 aliphatic carbocycles. The molecule has 4 nitrogen and oxygen atoms in total. The number of ether oxygens (including phenoxy) is 1. The summed E-state index contributed by atoms with van der Waals surface area (Å²) in [6.45, 7) is 2.48. The molecule has 118 valence electrons. The van der Waals surface area contributed by atoms with Crippen molar-refractivity contribution in [2.24, 2.45) is 0 Å². The van der Waals surface area contributed by atoms with E-state index in [2.05, 4.69) is 4.98 Å². The van der Waals surface area contributed by atoms with Gasteiger partial charge in [0.1, 0.15) is 5.75 Å². The fourth-order valence-corrected chi connectivity index (χ4v) is 2.81. The van der Waals surface area contributed by atoms with Gasteiger partial charge in [0.15, 0.2) is 0 Å². The SMILES string of the molecule is CCOc1ccc2[nH]c(-c3ccc(Cl)cc3)c(CC(=O)O)c2c1. The third-order valence-electron chi connectivity index (χ3n) is 3.65. The van der Waals surface area contributed by atoms with Gasteiger partial charge in [-0.05, 0) is 48.4 Å². The summed E-state index contributed by atoms with van der Waals surface area (Å²) >= 11 is 5.94. The van der Waals surface area contributed by atoms with Crippen LogP contribution in [0.15, 0.2) is 42.5 Å². The Labute approximate surface area is 138 Å². The van der Waals surface area contributed by atoms with Gasteiger partial charge in [0.25, 0.3) is 0 Å². The van der Waals surface area contributed by atoms with Crippen LogP contribution in [-0.2, 0) is 11.2 Å². The molecule has 0 bridgehead atoms. The van der Waals surface area contributed by atoms with Gasteiger partial charge in [-0.25, -0.2) is 0 Å². The summed E-state index contributed by atoms with van der Waals surface area (Å²) in [6, 6.07) is 13.0. The molecule has 0 spiro atoms. The number of carboxylic acid groups (broad SMARTS) is 1. The van der Waals surface area contributed by atoms with Crippen LogP contribution in [0, 0.1) is 0 Å². The average molecular weight is 330 g/mol. The summed E-state index contributed by atoms with van der Waals surface area (Å²) in [5, 5.41) is 10.8. The van der Waals surface area contributed by atoms with Gasteiger partial charge in [-0.1, -0.05) is 23.7 Å². The molecular formula is C18H16ClNO3. The lowest BCUT2D eigenvalue weighted by molar-refractivity contribution is -0.136. The summed E-state index contributed by atoms with van der Waals surface area (Å²) < 4.78 is 5.53. The Morgan fingerprint density at radius 1 is 1.22 bits per heavy atom. The maximum Gasteiger partial charge on any atom is 0.307 e. The molecule has 3 aromatic rings. The van der Waals surface area contributed by atoms with Gasteiger partial charge in [-0.3, -0.25) is 4.79 Å². The average Bonchev–Trinajstić information content (AvgIpc) is 2.86. The fourth-order valence-electron chi connectivity index (χ4n) is 2.68. The van der Waals surface area contributed by atoms with Crippen molar-refractivity contribution in [3.8, 4) is 17.0 Å². The van der Waals surface area contributed by atoms with Crippen LogP contribution in [0.25, 0.3) is 22.2 Å². The van der Waals surface area contributed by atoms with E-state index in [1.807, 2.05) is 37.3 Å². The highest BCUT2D eigenvalue weighted by atomic mass is 35.5. The number of hydrogen-bond acceptors (Lipinski definition) is 2. The molecule has 23 heavy (non-hydrogen) atoms. The zero-order chi connectivity index (χ0) is 16.4. The number of rotatable bonds is 5. The predicted molar refractivity (Wildman–Crippen MR) is 91.3 cm³/mol. The number of benzene rings is 2. The highest BCUT2D eigenvalue weighted by Crippen LogP contribution is 2.33. The van der Waals surface area contributed by atoms with Gasteiger partial charge in [0, 0.05) is 15.9 Å². The number of fused-ring (bicyclic) bond motifs is 1. The smallest absolute Gasteiger partial charge is 0.307 e. The predicted octanol–water partition coefficient (Wildman–Crippen LogP) is 4.51. The highest BCUT2D eigenvalue weighted by Gasteiger charge is 2.16. The van der Waals surface area contributed by atoms with E-state index in [0.717, 1.165) is 33.5 Å². The molecule has 3 rings (SSSR count). The molecule has 0 saturated carbocycles. The quantitative estimate of drug-likeness (QED) is 0.723. The third kappa shape index (κ3) is 3.17. The molecule has 0 saturated heterocycles. The molecule has 0 atom stereocenters. The molecular weight excluding hydrogens is 314 g/mol. The van der Waals surface area contributed by atoms with E-state index in [-0.39, 0.29) is 6.42 Å². The maximum atomic E-state index is 11.3. The number of aliphatic carboxylic acids is 1. The van der Waals surface area contributed by atoms with Crippen LogP contribution in [0.3, 0.4) is 0 Å². The largest absolute Gasteiger partial charge is 0.494 e. The number of H-pyrrole nitrogens is 1. The Balaban J connectivity index is 2.19. The van der Waals surface area contributed by atoms with Gasteiger partial charge in [0.2, 0.25) is 0 Å². The highest BCUT2D eigenvalue weighted by molar-refractivity contribution is 6.30. The van der Waals surface area contributed by atoms with Crippen molar-refractivity contribution in [3.05, 3.63) is 53.1 Å². The number of halogens is 1. The summed E-state index contributed by atoms with van der Waals surface area (Å²) in [6.07, 6.45) is -0.0620.